The van der Waals surface area contributed by atoms with E-state index in [1.54, 1.807) is 43.4 Å². The number of hydrogen-bond acceptors (Lipinski definition) is 5. The molecule has 5 rings (SSSR count). The van der Waals surface area contributed by atoms with Crippen molar-refractivity contribution in [2.75, 3.05) is 24.7 Å². The fourth-order valence-electron chi connectivity index (χ4n) is 5.84. The number of aliphatic carboxylic acids is 1. The summed E-state index contributed by atoms with van der Waals surface area (Å²) >= 11 is 0. The molecule has 1 saturated heterocycles. The molecule has 3 aromatic carbocycles. The molecule has 1 fully saturated rings. The standard InChI is InChI=1S/C33H30F5N3O5/c1-17-12-18(2)40(3)31(43)28(17)23-9-8-19(21-6-4-5-7-22(21)23)13-26(32(44)45)39-30(42)29-24(34)14-20(15-25(29)35)41-10-11-46-16-27(41)33(36,37)38/h4-9,12,14-15,26-27H,10-11,13,16H2,1-3H3,(H,39,42)(H,44,45). The zero-order valence-corrected chi connectivity index (χ0v) is 25.0. The number of anilines is 1. The number of carboxylic acids is 1. The number of fused-ring (bicyclic) bond motifs is 1. The van der Waals surface area contributed by atoms with Crippen molar-refractivity contribution in [2.45, 2.75) is 38.5 Å². The molecule has 2 heterocycles. The minimum absolute atomic E-state index is 0.102. The summed E-state index contributed by atoms with van der Waals surface area (Å²) in [5.74, 6) is -5.77. The van der Waals surface area contributed by atoms with Crippen LogP contribution in [0.2, 0.25) is 0 Å². The highest BCUT2D eigenvalue weighted by molar-refractivity contribution is 6.00. The van der Waals surface area contributed by atoms with Crippen molar-refractivity contribution in [3.05, 3.63) is 99.0 Å². The number of carbonyl (C=O) groups excluding carboxylic acids is 1. The van der Waals surface area contributed by atoms with Gasteiger partial charge in [-0.3, -0.25) is 9.59 Å². The van der Waals surface area contributed by atoms with Gasteiger partial charge in [0.1, 0.15) is 29.3 Å². The Kier molecular flexibility index (Phi) is 8.89. The maximum atomic E-state index is 15.1. The topological polar surface area (TPSA) is 101 Å². The van der Waals surface area contributed by atoms with E-state index in [4.69, 9.17) is 4.74 Å². The molecule has 13 heteroatoms. The van der Waals surface area contributed by atoms with Crippen LogP contribution in [-0.2, 0) is 23.0 Å². The Bertz CT molecular complexity index is 1880. The number of nitrogens with zero attached hydrogens (tertiary/aromatic N) is 2. The van der Waals surface area contributed by atoms with Crippen LogP contribution in [0.25, 0.3) is 21.9 Å². The van der Waals surface area contributed by atoms with E-state index in [0.29, 0.717) is 39.6 Å². The van der Waals surface area contributed by atoms with Crippen molar-refractivity contribution in [1.82, 2.24) is 9.88 Å². The zero-order chi connectivity index (χ0) is 33.5. The van der Waals surface area contributed by atoms with E-state index in [0.717, 1.165) is 16.2 Å². The average Bonchev–Trinajstić information content (AvgIpc) is 2.99. The van der Waals surface area contributed by atoms with Crippen LogP contribution in [0.4, 0.5) is 27.6 Å². The lowest BCUT2D eigenvalue weighted by molar-refractivity contribution is -0.167. The molecular weight excluding hydrogens is 613 g/mol. The van der Waals surface area contributed by atoms with E-state index in [1.165, 1.54) is 4.57 Å². The maximum absolute atomic E-state index is 15.1. The Morgan fingerprint density at radius 3 is 2.33 bits per heavy atom. The Labute approximate surface area is 260 Å². The van der Waals surface area contributed by atoms with Crippen LogP contribution in [0.15, 0.2) is 59.4 Å². The monoisotopic (exact) mass is 643 g/mol. The molecule has 0 aliphatic carbocycles. The summed E-state index contributed by atoms with van der Waals surface area (Å²) < 4.78 is 77.2. The molecule has 1 aromatic heterocycles. The first-order chi connectivity index (χ1) is 21.7. The molecule has 0 saturated carbocycles. The molecule has 1 amide bonds. The third-order valence-electron chi connectivity index (χ3n) is 8.27. The van der Waals surface area contributed by atoms with Gasteiger partial charge in [-0.1, -0.05) is 36.4 Å². The van der Waals surface area contributed by atoms with Gasteiger partial charge in [0.25, 0.3) is 11.5 Å². The number of amides is 1. The Morgan fingerprint density at radius 2 is 1.70 bits per heavy atom. The number of morpholine rings is 1. The summed E-state index contributed by atoms with van der Waals surface area (Å²) in [5.41, 5.74) is 1.36. The Morgan fingerprint density at radius 1 is 1.04 bits per heavy atom. The molecule has 0 radical (unpaired) electrons. The first-order valence-electron chi connectivity index (χ1n) is 14.3. The number of hydrogen-bond donors (Lipinski definition) is 2. The normalized spacial score (nSPS) is 16.0. The molecule has 8 nitrogen and oxygen atoms in total. The van der Waals surface area contributed by atoms with Crippen LogP contribution in [0.5, 0.6) is 0 Å². The van der Waals surface area contributed by atoms with Crippen LogP contribution < -0.4 is 15.8 Å². The van der Waals surface area contributed by atoms with Gasteiger partial charge in [0.2, 0.25) is 0 Å². The summed E-state index contributed by atoms with van der Waals surface area (Å²) in [6.45, 7) is 2.52. The molecule has 1 aliphatic heterocycles. The number of carboxylic acid groups (broad SMARTS) is 1. The van der Waals surface area contributed by atoms with E-state index in [9.17, 15) is 32.7 Å². The van der Waals surface area contributed by atoms with Gasteiger partial charge in [-0.15, -0.1) is 0 Å². The highest BCUT2D eigenvalue weighted by Gasteiger charge is 2.46. The number of alkyl halides is 3. The number of nitrogens with one attached hydrogen (secondary N) is 1. The van der Waals surface area contributed by atoms with Crippen molar-refractivity contribution >= 4 is 28.3 Å². The van der Waals surface area contributed by atoms with Gasteiger partial charge in [0.15, 0.2) is 0 Å². The number of pyridine rings is 1. The second-order valence-electron chi connectivity index (χ2n) is 11.2. The van der Waals surface area contributed by atoms with E-state index in [2.05, 4.69) is 5.32 Å². The number of aryl methyl sites for hydroxylation is 2. The van der Waals surface area contributed by atoms with E-state index in [-0.39, 0.29) is 25.1 Å². The van der Waals surface area contributed by atoms with Crippen LogP contribution in [0, 0.1) is 25.5 Å². The molecule has 46 heavy (non-hydrogen) atoms. The molecule has 2 unspecified atom stereocenters. The molecular formula is C33H30F5N3O5. The summed E-state index contributed by atoms with van der Waals surface area (Å²) in [6.07, 6.45) is -5.02. The van der Waals surface area contributed by atoms with Crippen molar-refractivity contribution in [2.24, 2.45) is 7.05 Å². The third kappa shape index (κ3) is 6.19. The lowest BCUT2D eigenvalue weighted by Crippen LogP contribution is -2.53. The number of carbonyl (C=O) groups is 2. The van der Waals surface area contributed by atoms with Gasteiger partial charge in [0, 0.05) is 31.4 Å². The van der Waals surface area contributed by atoms with Gasteiger partial charge >= 0.3 is 12.1 Å². The van der Waals surface area contributed by atoms with Gasteiger partial charge in [-0.25, -0.2) is 13.6 Å². The number of ether oxygens (including phenoxy) is 1. The fourth-order valence-corrected chi connectivity index (χ4v) is 5.84. The second kappa shape index (κ2) is 12.5. The number of halogens is 5. The summed E-state index contributed by atoms with van der Waals surface area (Å²) in [4.78, 5) is 39.2. The molecule has 242 valence electrons. The first-order valence-corrected chi connectivity index (χ1v) is 14.3. The number of aromatic nitrogens is 1. The highest BCUT2D eigenvalue weighted by Crippen LogP contribution is 2.34. The van der Waals surface area contributed by atoms with Gasteiger partial charge in [-0.2, -0.15) is 13.2 Å². The summed E-state index contributed by atoms with van der Waals surface area (Å²) in [7, 11) is 1.67. The molecule has 0 spiro atoms. The molecule has 0 bridgehead atoms. The van der Waals surface area contributed by atoms with Crippen molar-refractivity contribution < 1.29 is 41.4 Å². The molecule has 2 atom stereocenters. The zero-order valence-electron chi connectivity index (χ0n) is 25.0. The van der Waals surface area contributed by atoms with Gasteiger partial charge in [0.05, 0.1) is 18.8 Å². The second-order valence-corrected chi connectivity index (χ2v) is 11.2. The van der Waals surface area contributed by atoms with E-state index in [1.807, 2.05) is 19.9 Å². The molecule has 4 aromatic rings. The number of rotatable bonds is 7. The molecule has 1 aliphatic rings. The SMILES string of the molecule is Cc1cc(C)n(C)c(=O)c1-c1ccc(CC(NC(=O)c2c(F)cc(N3CCOCC3C(F)(F)F)cc2F)C(=O)O)c2ccccc12. The van der Waals surface area contributed by atoms with Crippen molar-refractivity contribution in [1.29, 1.82) is 0 Å². The summed E-state index contributed by atoms with van der Waals surface area (Å²) in [5, 5.41) is 13.4. The van der Waals surface area contributed by atoms with Crippen molar-refractivity contribution in [3.63, 3.8) is 0 Å². The average molecular weight is 644 g/mol. The van der Waals surface area contributed by atoms with E-state index >= 15 is 8.78 Å². The lowest BCUT2D eigenvalue weighted by Gasteiger charge is -2.38. The third-order valence-corrected chi connectivity index (χ3v) is 8.27. The number of benzene rings is 3. The smallest absolute Gasteiger partial charge is 0.411 e. The Balaban J connectivity index is 1.45. The van der Waals surface area contributed by atoms with Crippen LogP contribution in [-0.4, -0.2) is 59.6 Å². The largest absolute Gasteiger partial charge is 0.480 e. The minimum atomic E-state index is -4.74. The summed E-state index contributed by atoms with van der Waals surface area (Å²) in [6, 6.07) is 9.67. The minimum Gasteiger partial charge on any atom is -0.480 e. The van der Waals surface area contributed by atoms with Crippen LogP contribution in [0.3, 0.4) is 0 Å². The highest BCUT2D eigenvalue weighted by atomic mass is 19.4. The van der Waals surface area contributed by atoms with Crippen LogP contribution >= 0.6 is 0 Å². The van der Waals surface area contributed by atoms with Gasteiger partial charge in [-0.05, 0) is 59.5 Å². The maximum Gasteiger partial charge on any atom is 0.411 e. The molecule has 2 N–H and O–H groups in total. The van der Waals surface area contributed by atoms with E-state index < -0.39 is 59.6 Å². The van der Waals surface area contributed by atoms with Crippen molar-refractivity contribution in [3.8, 4) is 11.1 Å². The Hall–Kier alpha value is -4.78. The lowest BCUT2D eigenvalue weighted by atomic mass is 9.91. The first kappa shape index (κ1) is 32.6. The predicted octanol–water partition coefficient (Wildman–Crippen LogP) is 5.29. The van der Waals surface area contributed by atoms with Crippen LogP contribution in [0.1, 0.15) is 27.2 Å². The van der Waals surface area contributed by atoms with Gasteiger partial charge < -0.3 is 24.6 Å². The fraction of sp³-hybridized carbons (Fsp3) is 0.303. The predicted molar refractivity (Wildman–Crippen MR) is 161 cm³/mol. The quantitative estimate of drug-likeness (QED) is 0.266.